The summed E-state index contributed by atoms with van der Waals surface area (Å²) in [5, 5.41) is 0. The van der Waals surface area contributed by atoms with Gasteiger partial charge in [0.05, 0.1) is 24.9 Å². The summed E-state index contributed by atoms with van der Waals surface area (Å²) in [5.74, 6) is 3.06. The highest BCUT2D eigenvalue weighted by molar-refractivity contribution is 7.93. The van der Waals surface area contributed by atoms with Gasteiger partial charge in [-0.15, -0.1) is 0 Å². The second kappa shape index (κ2) is 8.52. The van der Waals surface area contributed by atoms with Crippen molar-refractivity contribution in [2.24, 2.45) is 28.6 Å². The predicted octanol–water partition coefficient (Wildman–Crippen LogP) is 6.74. The first-order chi connectivity index (χ1) is 17.0. The van der Waals surface area contributed by atoms with Crippen molar-refractivity contribution < 1.29 is 17.9 Å². The molecule has 1 unspecified atom stereocenters. The van der Waals surface area contributed by atoms with Gasteiger partial charge in [0.1, 0.15) is 5.75 Å². The average molecular weight is 508 g/mol. The van der Waals surface area contributed by atoms with Crippen LogP contribution in [0.2, 0.25) is 0 Å². The molecule has 0 amide bonds. The summed E-state index contributed by atoms with van der Waals surface area (Å²) in [6.07, 6.45) is 12.6. The van der Waals surface area contributed by atoms with Crippen LogP contribution in [0.1, 0.15) is 59.3 Å². The fourth-order valence-corrected chi connectivity index (χ4v) is 9.68. The molecule has 0 aromatic heterocycles. The highest BCUT2D eigenvalue weighted by Gasteiger charge is 2.63. The highest BCUT2D eigenvalue weighted by Crippen LogP contribution is 2.66. The number of allylic oxidation sites excluding steroid dienone is 5. The zero-order valence-corrected chi connectivity index (χ0v) is 22.8. The SMILES string of the molecule is [C-]#[N+]C(C)(C1=CC[C@H]2[C@@H]3CC=C4C=C(OC)CC[C@]4(C)[C@H]3CC[C@]12C)S(=O)(=O)c1ccc(OC)cc1. The van der Waals surface area contributed by atoms with Gasteiger partial charge in [-0.1, -0.05) is 26.0 Å². The van der Waals surface area contributed by atoms with Crippen molar-refractivity contribution in [3.8, 4) is 5.75 Å². The molecule has 0 aliphatic heterocycles. The minimum Gasteiger partial charge on any atom is -0.501 e. The molecule has 0 bridgehead atoms. The van der Waals surface area contributed by atoms with E-state index in [0.717, 1.165) is 49.9 Å². The number of ether oxygens (including phenoxy) is 2. The summed E-state index contributed by atoms with van der Waals surface area (Å²) < 4.78 is 38.7. The fourth-order valence-electron chi connectivity index (χ4n) is 8.00. The van der Waals surface area contributed by atoms with Gasteiger partial charge in [-0.2, -0.15) is 0 Å². The van der Waals surface area contributed by atoms with E-state index < -0.39 is 14.7 Å². The summed E-state index contributed by atoms with van der Waals surface area (Å²) >= 11 is 0. The van der Waals surface area contributed by atoms with Crippen LogP contribution >= 0.6 is 0 Å². The summed E-state index contributed by atoms with van der Waals surface area (Å²) in [6.45, 7) is 14.4. The van der Waals surface area contributed by atoms with Crippen LogP contribution in [0.3, 0.4) is 0 Å². The van der Waals surface area contributed by atoms with Gasteiger partial charge in [0.25, 0.3) is 9.84 Å². The molecule has 0 N–H and O–H groups in total. The van der Waals surface area contributed by atoms with E-state index in [1.165, 1.54) is 5.57 Å². The Bertz CT molecular complexity index is 1300. The lowest BCUT2D eigenvalue weighted by Crippen LogP contribution is -2.51. The molecule has 5 nitrogen and oxygen atoms in total. The second-order valence-electron chi connectivity index (χ2n) is 11.6. The standard InChI is InChI=1S/C30H37NO4S/c1-28-17-15-22(35-6)19-20(28)7-12-24-25-13-14-27(29(25,2)18-16-26(24)28)30(3,31-4)36(32,33)23-10-8-21(34-5)9-11-23/h7-11,14,19,24-26H,12-13,15-18H2,1-3,5-6H3/t24-,25-,26-,28-,29-,30?/m0/s1. The molecule has 0 heterocycles. The molecule has 4 aliphatic carbocycles. The molecular formula is C30H37NO4S. The van der Waals surface area contributed by atoms with E-state index in [4.69, 9.17) is 16.0 Å². The molecule has 0 radical (unpaired) electrons. The van der Waals surface area contributed by atoms with Crippen LogP contribution in [0.15, 0.2) is 64.3 Å². The van der Waals surface area contributed by atoms with Crippen molar-refractivity contribution in [2.45, 2.75) is 69.1 Å². The molecule has 192 valence electrons. The van der Waals surface area contributed by atoms with Gasteiger partial charge in [0, 0.05) is 24.3 Å². The Morgan fingerprint density at radius 3 is 2.36 bits per heavy atom. The summed E-state index contributed by atoms with van der Waals surface area (Å²) in [4.78, 5) is 2.40. The largest absolute Gasteiger partial charge is 0.501 e. The van der Waals surface area contributed by atoms with Gasteiger partial charge in [-0.05, 0) is 91.2 Å². The monoisotopic (exact) mass is 507 g/mol. The fraction of sp³-hybridized carbons (Fsp3) is 0.567. The maximum Gasteiger partial charge on any atom is 0.352 e. The Morgan fingerprint density at radius 1 is 1.00 bits per heavy atom. The number of rotatable bonds is 5. The van der Waals surface area contributed by atoms with Crippen LogP contribution in [0.5, 0.6) is 5.75 Å². The topological polar surface area (TPSA) is 57.0 Å². The quantitative estimate of drug-likeness (QED) is 0.327. The minimum atomic E-state index is -3.93. The lowest BCUT2D eigenvalue weighted by molar-refractivity contribution is -0.0132. The van der Waals surface area contributed by atoms with Gasteiger partial charge in [-0.25, -0.2) is 15.0 Å². The van der Waals surface area contributed by atoms with Crippen molar-refractivity contribution in [2.75, 3.05) is 14.2 Å². The van der Waals surface area contributed by atoms with Gasteiger partial charge in [0.2, 0.25) is 0 Å². The maximum atomic E-state index is 13.9. The summed E-state index contributed by atoms with van der Waals surface area (Å²) in [5.41, 5.74) is 2.04. The molecule has 0 spiro atoms. The Kier molecular flexibility index (Phi) is 5.95. The Hall–Kier alpha value is -2.52. The number of hydrogen-bond donors (Lipinski definition) is 0. The van der Waals surface area contributed by atoms with E-state index in [1.54, 1.807) is 45.4 Å². The number of sulfone groups is 1. The third-order valence-corrected chi connectivity index (χ3v) is 12.4. The third kappa shape index (κ3) is 3.35. The predicted molar refractivity (Wildman–Crippen MR) is 141 cm³/mol. The smallest absolute Gasteiger partial charge is 0.352 e. The molecule has 4 aliphatic rings. The molecule has 1 saturated carbocycles. The number of nitrogens with zero attached hydrogens (tertiary/aromatic N) is 1. The van der Waals surface area contributed by atoms with E-state index in [9.17, 15) is 8.42 Å². The summed E-state index contributed by atoms with van der Waals surface area (Å²) in [6, 6.07) is 6.42. The van der Waals surface area contributed by atoms with Gasteiger partial charge in [-0.3, -0.25) is 4.85 Å². The van der Waals surface area contributed by atoms with Gasteiger partial charge >= 0.3 is 4.87 Å². The zero-order valence-electron chi connectivity index (χ0n) is 22.0. The first-order valence-electron chi connectivity index (χ1n) is 13.0. The molecule has 0 saturated heterocycles. The van der Waals surface area contributed by atoms with E-state index in [-0.39, 0.29) is 15.7 Å². The molecule has 5 rings (SSSR count). The molecule has 1 aromatic carbocycles. The van der Waals surface area contributed by atoms with Crippen LogP contribution in [0, 0.1) is 35.2 Å². The molecule has 6 atom stereocenters. The molecule has 1 fully saturated rings. The molecular weight excluding hydrogens is 470 g/mol. The molecule has 36 heavy (non-hydrogen) atoms. The van der Waals surface area contributed by atoms with Crippen LogP contribution in [-0.2, 0) is 14.6 Å². The maximum absolute atomic E-state index is 13.9. The molecule has 1 aromatic rings. The van der Waals surface area contributed by atoms with Crippen LogP contribution in [0.25, 0.3) is 4.85 Å². The Labute approximate surface area is 216 Å². The van der Waals surface area contributed by atoms with Crippen molar-refractivity contribution >= 4 is 9.84 Å². The van der Waals surface area contributed by atoms with Crippen molar-refractivity contribution in [1.82, 2.24) is 0 Å². The lowest BCUT2D eigenvalue weighted by Gasteiger charge is -2.56. The zero-order chi connectivity index (χ0) is 25.9. The Balaban J connectivity index is 1.49. The van der Waals surface area contributed by atoms with Crippen molar-refractivity contribution in [3.63, 3.8) is 0 Å². The van der Waals surface area contributed by atoms with Crippen LogP contribution in [-0.4, -0.2) is 27.5 Å². The average Bonchev–Trinajstić information content (AvgIpc) is 3.25. The number of hydrogen-bond acceptors (Lipinski definition) is 4. The van der Waals surface area contributed by atoms with E-state index >= 15 is 0 Å². The van der Waals surface area contributed by atoms with E-state index in [1.807, 2.05) is 0 Å². The van der Waals surface area contributed by atoms with Gasteiger partial charge < -0.3 is 9.47 Å². The molecule has 6 heteroatoms. The van der Waals surface area contributed by atoms with Crippen molar-refractivity contribution in [3.05, 3.63) is 70.8 Å². The summed E-state index contributed by atoms with van der Waals surface area (Å²) in [7, 11) is -0.619. The lowest BCUT2D eigenvalue weighted by atomic mass is 9.48. The third-order valence-electron chi connectivity index (χ3n) is 10.2. The van der Waals surface area contributed by atoms with E-state index in [2.05, 4.69) is 36.9 Å². The van der Waals surface area contributed by atoms with Gasteiger partial charge in [0.15, 0.2) is 0 Å². The Morgan fingerprint density at radius 2 is 1.72 bits per heavy atom. The first-order valence-corrected chi connectivity index (χ1v) is 14.5. The van der Waals surface area contributed by atoms with Crippen molar-refractivity contribution in [1.29, 1.82) is 0 Å². The number of fused-ring (bicyclic) bond motifs is 5. The van der Waals surface area contributed by atoms with Crippen LogP contribution < -0.4 is 4.74 Å². The first kappa shape index (κ1) is 25.1. The van der Waals surface area contributed by atoms with E-state index in [0.29, 0.717) is 23.5 Å². The highest BCUT2D eigenvalue weighted by atomic mass is 32.2. The minimum absolute atomic E-state index is 0.132. The van der Waals surface area contributed by atoms with Crippen LogP contribution in [0.4, 0.5) is 0 Å². The number of methoxy groups -OCH3 is 2. The number of benzene rings is 1. The second-order valence-corrected chi connectivity index (χ2v) is 13.9. The normalized spacial score (nSPS) is 35.0.